The van der Waals surface area contributed by atoms with Crippen LogP contribution in [0.3, 0.4) is 0 Å². The van der Waals surface area contributed by atoms with E-state index in [1.165, 1.54) is 0 Å². The van der Waals surface area contributed by atoms with E-state index >= 15 is 0 Å². The number of hydrogen-bond acceptors (Lipinski definition) is 7. The van der Waals surface area contributed by atoms with Gasteiger partial charge in [-0.25, -0.2) is 4.98 Å². The molecule has 4 unspecified atom stereocenters. The average Bonchev–Trinajstić information content (AvgIpc) is 2.94. The number of nitrogens with zero attached hydrogens (tertiary/aromatic N) is 2. The third-order valence-electron chi connectivity index (χ3n) is 3.01. The summed E-state index contributed by atoms with van der Waals surface area (Å²) < 4.78 is 6.42. The summed E-state index contributed by atoms with van der Waals surface area (Å²) in [4.78, 5) is 25.5. The molecule has 10 nitrogen and oxygen atoms in total. The van der Waals surface area contributed by atoms with E-state index in [0.717, 1.165) is 10.9 Å². The number of imidazole rings is 1. The Balaban J connectivity index is 2.38. The van der Waals surface area contributed by atoms with Gasteiger partial charge in [-0.15, -0.1) is 0 Å². The summed E-state index contributed by atoms with van der Waals surface area (Å²) in [7, 11) is 0. The molecule has 0 bridgehead atoms. The predicted molar refractivity (Wildman–Crippen MR) is 63.4 cm³/mol. The molecule has 1 aromatic rings. The van der Waals surface area contributed by atoms with Crippen molar-refractivity contribution >= 4 is 18.1 Å². The fraction of sp³-hybridized carbons (Fsp3) is 0.500. The van der Waals surface area contributed by atoms with Gasteiger partial charge in [0.1, 0.15) is 24.1 Å². The molecule has 110 valence electrons. The number of aromatic nitrogens is 2. The number of primary amides is 1. The van der Waals surface area contributed by atoms with Gasteiger partial charge in [0.05, 0.1) is 12.9 Å². The van der Waals surface area contributed by atoms with Crippen molar-refractivity contribution in [2.24, 2.45) is 5.73 Å². The average molecular weight is 286 g/mol. The first-order chi connectivity index (χ1) is 9.51. The number of aliphatic hydroxyl groups excluding tert-OH is 3. The summed E-state index contributed by atoms with van der Waals surface area (Å²) in [5, 5.41) is 30.8. The molecular weight excluding hydrogens is 272 g/mol. The second kappa shape index (κ2) is 5.54. The SMILES string of the molecule is NC(=O)c1ncn(C2OC(CO)C(O)C2O)c1NC=O. The summed E-state index contributed by atoms with van der Waals surface area (Å²) in [6.45, 7) is -0.497. The van der Waals surface area contributed by atoms with Crippen LogP contribution in [0.15, 0.2) is 6.33 Å². The van der Waals surface area contributed by atoms with Gasteiger partial charge < -0.3 is 31.1 Å². The van der Waals surface area contributed by atoms with Crippen molar-refractivity contribution in [1.29, 1.82) is 0 Å². The van der Waals surface area contributed by atoms with Crippen LogP contribution in [0.1, 0.15) is 16.7 Å². The number of carbonyl (C=O) groups excluding carboxylic acids is 2. The van der Waals surface area contributed by atoms with Gasteiger partial charge in [0.15, 0.2) is 11.9 Å². The summed E-state index contributed by atoms with van der Waals surface area (Å²) in [5.74, 6) is -0.942. The number of hydrogen-bond donors (Lipinski definition) is 5. The van der Waals surface area contributed by atoms with Crippen molar-refractivity contribution in [3.8, 4) is 0 Å². The largest absolute Gasteiger partial charge is 0.394 e. The van der Waals surface area contributed by atoms with E-state index in [4.69, 9.17) is 15.6 Å². The van der Waals surface area contributed by atoms with Gasteiger partial charge in [-0.3, -0.25) is 14.2 Å². The molecule has 2 heterocycles. The van der Waals surface area contributed by atoms with E-state index in [1.807, 2.05) is 0 Å². The van der Waals surface area contributed by atoms with E-state index in [0.29, 0.717) is 6.41 Å². The Bertz CT molecular complexity index is 518. The van der Waals surface area contributed by atoms with Gasteiger partial charge in [0.25, 0.3) is 5.91 Å². The van der Waals surface area contributed by atoms with Crippen LogP contribution in [-0.2, 0) is 9.53 Å². The third-order valence-corrected chi connectivity index (χ3v) is 3.01. The molecule has 4 atom stereocenters. The lowest BCUT2D eigenvalue weighted by atomic mass is 10.1. The molecule has 2 rings (SSSR count). The predicted octanol–water partition coefficient (Wildman–Crippen LogP) is -2.84. The molecule has 0 radical (unpaired) electrons. The van der Waals surface area contributed by atoms with Gasteiger partial charge >= 0.3 is 0 Å². The molecule has 0 aliphatic carbocycles. The molecular formula is C10H14N4O6. The van der Waals surface area contributed by atoms with Crippen LogP contribution in [-0.4, -0.2) is 62.1 Å². The maximum Gasteiger partial charge on any atom is 0.271 e. The standard InChI is InChI=1S/C10H14N4O6/c11-8(19)5-9(13-3-16)14(2-12-5)10-7(18)6(17)4(1-15)20-10/h2-4,6-7,10,15,17-18H,1H2,(H2,11,19)(H,13,16). The summed E-state index contributed by atoms with van der Waals surface area (Å²) in [6.07, 6.45) is -3.35. The molecule has 1 saturated heterocycles. The second-order valence-electron chi connectivity index (χ2n) is 4.20. The maximum atomic E-state index is 11.2. The van der Waals surface area contributed by atoms with Crippen molar-refractivity contribution in [1.82, 2.24) is 9.55 Å². The van der Waals surface area contributed by atoms with Crippen LogP contribution in [0.5, 0.6) is 0 Å². The van der Waals surface area contributed by atoms with E-state index in [9.17, 15) is 19.8 Å². The fourth-order valence-electron chi connectivity index (χ4n) is 2.04. The lowest BCUT2D eigenvalue weighted by Gasteiger charge is -2.18. The smallest absolute Gasteiger partial charge is 0.271 e. The zero-order valence-electron chi connectivity index (χ0n) is 10.2. The highest BCUT2D eigenvalue weighted by atomic mass is 16.6. The Morgan fingerprint density at radius 3 is 2.75 bits per heavy atom. The van der Waals surface area contributed by atoms with Gasteiger partial charge in [0.2, 0.25) is 6.41 Å². The molecule has 0 aromatic carbocycles. The van der Waals surface area contributed by atoms with Crippen molar-refractivity contribution in [3.05, 3.63) is 12.0 Å². The Kier molecular flexibility index (Phi) is 3.99. The first-order valence-electron chi connectivity index (χ1n) is 5.70. The monoisotopic (exact) mass is 286 g/mol. The van der Waals surface area contributed by atoms with Crippen LogP contribution < -0.4 is 11.1 Å². The lowest BCUT2D eigenvalue weighted by Crippen LogP contribution is -2.33. The van der Waals surface area contributed by atoms with E-state index in [1.54, 1.807) is 0 Å². The third kappa shape index (κ3) is 2.25. The Morgan fingerprint density at radius 1 is 1.55 bits per heavy atom. The summed E-state index contributed by atoms with van der Waals surface area (Å²) in [6, 6.07) is 0. The lowest BCUT2D eigenvalue weighted by molar-refractivity contribution is -0.105. The minimum Gasteiger partial charge on any atom is -0.394 e. The molecule has 2 amide bonds. The van der Waals surface area contributed by atoms with Gasteiger partial charge in [-0.2, -0.15) is 0 Å². The number of carbonyl (C=O) groups is 2. The minimum atomic E-state index is -1.37. The summed E-state index contributed by atoms with van der Waals surface area (Å²) in [5.41, 5.74) is 4.90. The molecule has 1 aliphatic heterocycles. The van der Waals surface area contributed by atoms with Crippen molar-refractivity contribution < 1.29 is 29.6 Å². The normalized spacial score (nSPS) is 29.4. The highest BCUT2D eigenvalue weighted by molar-refractivity contribution is 5.97. The maximum absolute atomic E-state index is 11.2. The number of ether oxygens (including phenoxy) is 1. The van der Waals surface area contributed by atoms with Gasteiger partial charge in [0, 0.05) is 0 Å². The molecule has 10 heteroatoms. The van der Waals surface area contributed by atoms with Crippen molar-refractivity contribution in [2.75, 3.05) is 11.9 Å². The van der Waals surface area contributed by atoms with Crippen LogP contribution >= 0.6 is 0 Å². The van der Waals surface area contributed by atoms with Crippen molar-refractivity contribution in [2.45, 2.75) is 24.5 Å². The number of anilines is 1. The van der Waals surface area contributed by atoms with Crippen LogP contribution in [0.4, 0.5) is 5.82 Å². The summed E-state index contributed by atoms with van der Waals surface area (Å²) >= 11 is 0. The fourth-order valence-corrected chi connectivity index (χ4v) is 2.04. The number of amides is 2. The van der Waals surface area contributed by atoms with Gasteiger partial charge in [-0.1, -0.05) is 0 Å². The molecule has 6 N–H and O–H groups in total. The van der Waals surface area contributed by atoms with E-state index < -0.39 is 37.1 Å². The first kappa shape index (κ1) is 14.4. The van der Waals surface area contributed by atoms with Crippen LogP contribution in [0.25, 0.3) is 0 Å². The minimum absolute atomic E-state index is 0.0673. The molecule has 1 aromatic heterocycles. The molecule has 0 saturated carbocycles. The Labute approximate surface area is 112 Å². The van der Waals surface area contributed by atoms with Crippen LogP contribution in [0, 0.1) is 0 Å². The van der Waals surface area contributed by atoms with Crippen molar-refractivity contribution in [3.63, 3.8) is 0 Å². The van der Waals surface area contributed by atoms with Crippen LogP contribution in [0.2, 0.25) is 0 Å². The highest BCUT2D eigenvalue weighted by Crippen LogP contribution is 2.32. The highest BCUT2D eigenvalue weighted by Gasteiger charge is 2.44. The second-order valence-corrected chi connectivity index (χ2v) is 4.20. The molecule has 1 aliphatic rings. The number of aliphatic hydroxyl groups is 3. The topological polar surface area (TPSA) is 160 Å². The molecule has 1 fully saturated rings. The Hall–Kier alpha value is -2.01. The Morgan fingerprint density at radius 2 is 2.25 bits per heavy atom. The van der Waals surface area contributed by atoms with E-state index in [2.05, 4.69) is 10.3 Å². The number of rotatable bonds is 5. The van der Waals surface area contributed by atoms with E-state index in [-0.39, 0.29) is 11.5 Å². The molecule has 0 spiro atoms. The van der Waals surface area contributed by atoms with Gasteiger partial charge in [-0.05, 0) is 0 Å². The zero-order valence-corrected chi connectivity index (χ0v) is 10.2. The number of nitrogens with one attached hydrogen (secondary N) is 1. The first-order valence-corrected chi connectivity index (χ1v) is 5.70. The quantitative estimate of drug-likeness (QED) is 0.364. The zero-order chi connectivity index (χ0) is 14.9. The number of nitrogens with two attached hydrogens (primary N) is 1. The molecule has 20 heavy (non-hydrogen) atoms.